The normalized spacial score (nSPS) is 23.3. The summed E-state index contributed by atoms with van der Waals surface area (Å²) in [5.74, 6) is -0.605. The molecule has 33 heavy (non-hydrogen) atoms. The summed E-state index contributed by atoms with van der Waals surface area (Å²) in [4.78, 5) is 24.6. The van der Waals surface area contributed by atoms with E-state index in [0.717, 1.165) is 0 Å². The Kier molecular flexibility index (Phi) is 7.34. The second-order valence-corrected chi connectivity index (χ2v) is 8.09. The largest absolute Gasteiger partial charge is 1.00 e. The molecule has 1 saturated heterocycles. The third-order valence-electron chi connectivity index (χ3n) is 5.25. The number of aliphatic hydroxyl groups is 2. The van der Waals surface area contributed by atoms with Gasteiger partial charge in [0.2, 0.25) is 0 Å². The average molecular weight is 482 g/mol. The number of fused-ring (bicyclic) bond motifs is 1. The molecular weight excluding hydrogens is 461 g/mol. The van der Waals surface area contributed by atoms with Crippen LogP contribution in [0.5, 0.6) is 0 Å². The van der Waals surface area contributed by atoms with Crippen molar-refractivity contribution in [3.8, 4) is 0 Å². The number of hydrogen-bond donors (Lipinski definition) is 4. The summed E-state index contributed by atoms with van der Waals surface area (Å²) in [6.45, 7) is 1.47. The van der Waals surface area contributed by atoms with Gasteiger partial charge < -0.3 is 34.7 Å². The monoisotopic (exact) mass is 482 g/mol. The van der Waals surface area contributed by atoms with Gasteiger partial charge in [0.1, 0.15) is 36.8 Å². The maximum Gasteiger partial charge on any atom is 0.338 e. The van der Waals surface area contributed by atoms with Crippen molar-refractivity contribution in [2.24, 2.45) is 0 Å². The van der Waals surface area contributed by atoms with Crippen molar-refractivity contribution in [3.63, 3.8) is 0 Å². The summed E-state index contributed by atoms with van der Waals surface area (Å²) >= 11 is -2.25. The van der Waals surface area contributed by atoms with Crippen LogP contribution in [-0.4, -0.2) is 69.4 Å². The van der Waals surface area contributed by atoms with Crippen LogP contribution in [0.4, 0.5) is 5.82 Å². The summed E-state index contributed by atoms with van der Waals surface area (Å²) in [5.41, 5.74) is 7.12. The Morgan fingerprint density at radius 2 is 2.03 bits per heavy atom. The van der Waals surface area contributed by atoms with Crippen LogP contribution < -0.4 is 10.4 Å². The molecule has 2 aromatic heterocycles. The van der Waals surface area contributed by atoms with Crippen LogP contribution in [-0.2, 0) is 27.0 Å². The number of imidazole rings is 1. The van der Waals surface area contributed by atoms with Gasteiger partial charge in [-0.1, -0.05) is 13.0 Å². The maximum absolute atomic E-state index is 12.4. The third-order valence-corrected chi connectivity index (χ3v) is 6.01. The molecule has 5 N–H and O–H groups in total. The van der Waals surface area contributed by atoms with Crippen LogP contribution >= 0.6 is 0 Å². The fourth-order valence-corrected chi connectivity index (χ4v) is 4.19. The summed E-state index contributed by atoms with van der Waals surface area (Å²) < 4.78 is 33.3. The van der Waals surface area contributed by atoms with E-state index in [-0.39, 0.29) is 27.6 Å². The maximum atomic E-state index is 12.4. The van der Waals surface area contributed by atoms with Gasteiger partial charge in [-0.2, -0.15) is 0 Å². The highest BCUT2D eigenvalue weighted by Crippen LogP contribution is 2.32. The number of halogens is 1. The molecule has 0 radical (unpaired) electrons. The molecule has 0 aliphatic carbocycles. The Balaban J connectivity index is 0.00000306. The van der Waals surface area contributed by atoms with E-state index >= 15 is 0 Å². The molecule has 3 heterocycles. The standard InChI is InChI=1S/C19H21N5O7S.FH/c1-2-9-3-4-10(5-12(9)32(28)29)19(27)30-6-11-14(25)15(26)18(31-11)24-8-23-13-16(20)21-7-22-17(13)24;/h3-5,7-8,11,14-15,18,25-26H,2,6H2,1H3,(H,28,29)(H2,20,21,22);1H/p-1/t11-,14-,15-,18-;/m1./s1. The number of carbonyl (C=O) groups is 1. The van der Waals surface area contributed by atoms with Crippen molar-refractivity contribution < 1.29 is 37.9 Å². The van der Waals surface area contributed by atoms with E-state index in [9.17, 15) is 23.8 Å². The summed E-state index contributed by atoms with van der Waals surface area (Å²) in [5, 5.41) is 20.9. The molecule has 178 valence electrons. The van der Waals surface area contributed by atoms with Gasteiger partial charge in [0.25, 0.3) is 0 Å². The predicted molar refractivity (Wildman–Crippen MR) is 111 cm³/mol. The lowest BCUT2D eigenvalue weighted by atomic mass is 10.1. The molecule has 3 aromatic rings. The first-order valence-corrected chi connectivity index (χ1v) is 10.8. The zero-order valence-corrected chi connectivity index (χ0v) is 18.1. The number of nitrogens with zero attached hydrogens (tertiary/aromatic N) is 4. The second kappa shape index (κ2) is 9.84. The van der Waals surface area contributed by atoms with Crippen LogP contribution in [0, 0.1) is 0 Å². The average Bonchev–Trinajstić information content (AvgIpc) is 3.33. The summed E-state index contributed by atoms with van der Waals surface area (Å²) in [7, 11) is 0. The Morgan fingerprint density at radius 1 is 1.27 bits per heavy atom. The smallest absolute Gasteiger partial charge is 0.338 e. The minimum Gasteiger partial charge on any atom is -1.00 e. The van der Waals surface area contributed by atoms with Crippen molar-refractivity contribution in [1.29, 1.82) is 0 Å². The predicted octanol–water partition coefficient (Wildman–Crippen LogP) is -2.97. The molecule has 1 aromatic carbocycles. The molecular formula is C19H21FN5O7S-. The molecule has 0 saturated carbocycles. The first-order chi connectivity index (χ1) is 15.3. The van der Waals surface area contributed by atoms with Crippen LogP contribution in [0.25, 0.3) is 11.2 Å². The van der Waals surface area contributed by atoms with Gasteiger partial charge in [-0.15, -0.1) is 0 Å². The minimum atomic E-state index is -2.25. The zero-order valence-electron chi connectivity index (χ0n) is 17.2. The number of nitrogen functional groups attached to an aromatic ring is 1. The Morgan fingerprint density at radius 3 is 2.73 bits per heavy atom. The van der Waals surface area contributed by atoms with E-state index in [0.29, 0.717) is 23.1 Å². The first-order valence-electron chi connectivity index (χ1n) is 9.67. The lowest BCUT2D eigenvalue weighted by Gasteiger charge is -2.16. The minimum absolute atomic E-state index is 0. The lowest BCUT2D eigenvalue weighted by Crippen LogP contribution is -3.00. The molecule has 1 aliphatic rings. The second-order valence-electron chi connectivity index (χ2n) is 7.15. The van der Waals surface area contributed by atoms with Gasteiger partial charge in [0.15, 0.2) is 28.8 Å². The molecule has 0 amide bonds. The van der Waals surface area contributed by atoms with Crippen molar-refractivity contribution in [3.05, 3.63) is 42.0 Å². The molecule has 12 nitrogen and oxygen atoms in total. The number of rotatable bonds is 6. The molecule has 5 atom stereocenters. The number of ether oxygens (including phenoxy) is 2. The number of benzene rings is 1. The number of hydrogen-bond acceptors (Lipinski definition) is 10. The van der Waals surface area contributed by atoms with Gasteiger partial charge in [-0.25, -0.2) is 24.0 Å². The number of esters is 1. The van der Waals surface area contributed by atoms with E-state index < -0.39 is 41.6 Å². The molecule has 1 aliphatic heterocycles. The topological polar surface area (TPSA) is 183 Å². The van der Waals surface area contributed by atoms with Gasteiger partial charge in [0, 0.05) is 0 Å². The van der Waals surface area contributed by atoms with Crippen LogP contribution in [0.15, 0.2) is 35.7 Å². The van der Waals surface area contributed by atoms with E-state index in [2.05, 4.69) is 15.0 Å². The quantitative estimate of drug-likeness (QED) is 0.208. The van der Waals surface area contributed by atoms with Crippen LogP contribution in [0.1, 0.15) is 29.1 Å². The number of nitrogens with two attached hydrogens (primary N) is 1. The third kappa shape index (κ3) is 4.56. The number of aryl methyl sites for hydroxylation is 1. The van der Waals surface area contributed by atoms with Gasteiger partial charge in [0.05, 0.1) is 16.8 Å². The fourth-order valence-electron chi connectivity index (χ4n) is 3.53. The molecule has 14 heteroatoms. The van der Waals surface area contributed by atoms with Crippen molar-refractivity contribution in [1.82, 2.24) is 19.5 Å². The van der Waals surface area contributed by atoms with Crippen molar-refractivity contribution in [2.75, 3.05) is 12.3 Å². The number of aliphatic hydroxyl groups excluding tert-OH is 2. The first kappa shape index (κ1) is 24.6. The van der Waals surface area contributed by atoms with Gasteiger partial charge in [-0.3, -0.25) is 4.57 Å². The molecule has 1 fully saturated rings. The Bertz CT molecular complexity index is 1190. The SMILES string of the molecule is CCc1ccc(C(=O)OC[C@H]2O[C@@H](n3cnc4c(N)ncnc43)[C@H](O)[C@@H]2O)cc1S(=O)O.[F-]. The fraction of sp³-hybridized carbons (Fsp3) is 0.368. The molecule has 1 unspecified atom stereocenters. The highest BCUT2D eigenvalue weighted by Gasteiger charge is 2.45. The van der Waals surface area contributed by atoms with Crippen molar-refractivity contribution in [2.45, 2.75) is 42.8 Å². The Hall–Kier alpha value is -3.04. The zero-order chi connectivity index (χ0) is 23.0. The highest BCUT2D eigenvalue weighted by molar-refractivity contribution is 7.79. The summed E-state index contributed by atoms with van der Waals surface area (Å²) in [6.07, 6.45) is -1.65. The Labute approximate surface area is 189 Å². The van der Waals surface area contributed by atoms with E-state index in [4.69, 9.17) is 15.2 Å². The highest BCUT2D eigenvalue weighted by atomic mass is 32.2. The lowest BCUT2D eigenvalue weighted by molar-refractivity contribution is -0.0565. The van der Waals surface area contributed by atoms with Gasteiger partial charge >= 0.3 is 5.97 Å². The van der Waals surface area contributed by atoms with E-state index in [1.165, 1.54) is 29.4 Å². The number of aromatic nitrogens is 4. The van der Waals surface area contributed by atoms with E-state index in [1.54, 1.807) is 6.07 Å². The molecule has 4 rings (SSSR count). The molecule has 0 spiro atoms. The van der Waals surface area contributed by atoms with E-state index in [1.807, 2.05) is 6.92 Å². The number of carbonyl (C=O) groups excluding carboxylic acids is 1. The molecule has 0 bridgehead atoms. The van der Waals surface area contributed by atoms with Gasteiger partial charge in [-0.05, 0) is 24.1 Å². The van der Waals surface area contributed by atoms with Crippen LogP contribution in [0.2, 0.25) is 0 Å². The number of anilines is 1. The van der Waals surface area contributed by atoms with Crippen molar-refractivity contribution >= 4 is 34.0 Å². The summed E-state index contributed by atoms with van der Waals surface area (Å²) in [6, 6.07) is 4.36. The van der Waals surface area contributed by atoms with Crippen LogP contribution in [0.3, 0.4) is 0 Å².